The van der Waals surface area contributed by atoms with Gasteiger partial charge in [-0.25, -0.2) is 0 Å². The molecule has 0 saturated heterocycles. The molecule has 0 aliphatic heterocycles. The van der Waals surface area contributed by atoms with E-state index in [9.17, 15) is 5.11 Å². The van der Waals surface area contributed by atoms with Gasteiger partial charge in [0.1, 0.15) is 5.75 Å². The maximum absolute atomic E-state index is 9.33. The topological polar surface area (TPSA) is 20.2 Å². The molecule has 1 aromatic rings. The maximum Gasteiger partial charge on any atom is 0.115 e. The third-order valence-electron chi connectivity index (χ3n) is 3.58. The van der Waals surface area contributed by atoms with Crippen LogP contribution in [0.2, 0.25) is 0 Å². The first-order valence-electron chi connectivity index (χ1n) is 6.77. The van der Waals surface area contributed by atoms with Gasteiger partial charge in [0.2, 0.25) is 0 Å². The summed E-state index contributed by atoms with van der Waals surface area (Å²) in [6.45, 7) is 9.22. The lowest BCUT2D eigenvalue weighted by Crippen LogP contribution is -2.15. The SMILES string of the molecule is CCCC(C)(C)CC(CC)c1ccc(O)cc1. The highest BCUT2D eigenvalue weighted by Gasteiger charge is 2.22. The predicted octanol–water partition coefficient (Wildman–Crippen LogP) is 5.10. The van der Waals surface area contributed by atoms with Gasteiger partial charge in [-0.15, -0.1) is 0 Å². The third-order valence-corrected chi connectivity index (χ3v) is 3.58. The van der Waals surface area contributed by atoms with Crippen molar-refractivity contribution in [2.75, 3.05) is 0 Å². The Morgan fingerprint density at radius 3 is 2.18 bits per heavy atom. The Morgan fingerprint density at radius 2 is 1.71 bits per heavy atom. The van der Waals surface area contributed by atoms with Crippen molar-refractivity contribution in [1.29, 1.82) is 0 Å². The smallest absolute Gasteiger partial charge is 0.115 e. The second-order valence-corrected chi connectivity index (χ2v) is 5.82. The van der Waals surface area contributed by atoms with Gasteiger partial charge in [-0.05, 0) is 48.3 Å². The second-order valence-electron chi connectivity index (χ2n) is 5.82. The molecule has 17 heavy (non-hydrogen) atoms. The summed E-state index contributed by atoms with van der Waals surface area (Å²) in [6, 6.07) is 7.71. The van der Waals surface area contributed by atoms with Gasteiger partial charge in [0.15, 0.2) is 0 Å². The zero-order valence-electron chi connectivity index (χ0n) is 11.7. The molecule has 1 rings (SSSR count). The van der Waals surface area contributed by atoms with Crippen molar-refractivity contribution in [2.24, 2.45) is 5.41 Å². The molecule has 0 aromatic heterocycles. The summed E-state index contributed by atoms with van der Waals surface area (Å²) < 4.78 is 0. The van der Waals surface area contributed by atoms with E-state index in [1.807, 2.05) is 0 Å². The molecule has 0 bridgehead atoms. The summed E-state index contributed by atoms with van der Waals surface area (Å²) in [4.78, 5) is 0. The fourth-order valence-corrected chi connectivity index (χ4v) is 2.69. The van der Waals surface area contributed by atoms with E-state index in [-0.39, 0.29) is 0 Å². The number of phenolic OH excluding ortho intramolecular Hbond substituents is 1. The van der Waals surface area contributed by atoms with Crippen LogP contribution in [-0.2, 0) is 0 Å². The zero-order chi connectivity index (χ0) is 12.9. The molecule has 0 saturated carbocycles. The van der Waals surface area contributed by atoms with Crippen molar-refractivity contribution >= 4 is 0 Å². The summed E-state index contributed by atoms with van der Waals surface area (Å²) in [5.41, 5.74) is 1.77. The Kier molecular flexibility index (Phi) is 5.04. The molecule has 1 heteroatoms. The van der Waals surface area contributed by atoms with E-state index >= 15 is 0 Å². The minimum absolute atomic E-state index is 0.358. The zero-order valence-corrected chi connectivity index (χ0v) is 11.7. The molecule has 1 unspecified atom stereocenters. The number of benzene rings is 1. The number of phenols is 1. The molecular formula is C16H26O. The average molecular weight is 234 g/mol. The summed E-state index contributed by atoms with van der Waals surface area (Å²) in [5.74, 6) is 0.966. The molecule has 0 fully saturated rings. The van der Waals surface area contributed by atoms with Crippen molar-refractivity contribution < 1.29 is 5.11 Å². The van der Waals surface area contributed by atoms with Crippen molar-refractivity contribution in [3.8, 4) is 5.75 Å². The molecule has 0 aliphatic carbocycles. The Labute approximate surface area is 106 Å². The molecule has 0 heterocycles. The van der Waals surface area contributed by atoms with Crippen molar-refractivity contribution in [3.05, 3.63) is 29.8 Å². The average Bonchev–Trinajstić information content (AvgIpc) is 2.27. The number of aromatic hydroxyl groups is 1. The normalized spacial score (nSPS) is 13.6. The quantitative estimate of drug-likeness (QED) is 0.725. The number of hydrogen-bond acceptors (Lipinski definition) is 1. The molecule has 1 aromatic carbocycles. The lowest BCUT2D eigenvalue weighted by atomic mass is 9.76. The Hall–Kier alpha value is -0.980. The standard InChI is InChI=1S/C16H26O/c1-5-11-16(3,4)12-13(6-2)14-7-9-15(17)10-8-14/h7-10,13,17H,5-6,11-12H2,1-4H3. The van der Waals surface area contributed by atoms with E-state index in [4.69, 9.17) is 0 Å². The van der Waals surface area contributed by atoms with Gasteiger partial charge in [-0.1, -0.05) is 46.2 Å². The summed E-state index contributed by atoms with van der Waals surface area (Å²) in [6.07, 6.45) is 4.92. The van der Waals surface area contributed by atoms with Crippen LogP contribution < -0.4 is 0 Å². The van der Waals surface area contributed by atoms with Crippen molar-refractivity contribution in [2.45, 2.75) is 59.3 Å². The fraction of sp³-hybridized carbons (Fsp3) is 0.625. The Balaban J connectivity index is 2.75. The summed E-state index contributed by atoms with van der Waals surface area (Å²) in [7, 11) is 0. The first-order valence-corrected chi connectivity index (χ1v) is 6.77. The molecule has 1 N–H and O–H groups in total. The van der Waals surface area contributed by atoms with Crippen LogP contribution >= 0.6 is 0 Å². The minimum atomic E-state index is 0.358. The van der Waals surface area contributed by atoms with Crippen LogP contribution in [0.3, 0.4) is 0 Å². The van der Waals surface area contributed by atoms with Crippen molar-refractivity contribution in [3.63, 3.8) is 0 Å². The first-order chi connectivity index (χ1) is 7.98. The third kappa shape index (κ3) is 4.41. The minimum Gasteiger partial charge on any atom is -0.508 e. The van der Waals surface area contributed by atoms with E-state index < -0.39 is 0 Å². The number of rotatable bonds is 6. The Bertz CT molecular complexity index is 324. The van der Waals surface area contributed by atoms with Crippen LogP contribution in [0.1, 0.15) is 64.9 Å². The van der Waals surface area contributed by atoms with Crippen LogP contribution in [-0.4, -0.2) is 5.11 Å². The number of hydrogen-bond donors (Lipinski definition) is 1. The fourth-order valence-electron chi connectivity index (χ4n) is 2.69. The molecule has 0 amide bonds. The molecule has 96 valence electrons. The van der Waals surface area contributed by atoms with Crippen LogP contribution in [0.5, 0.6) is 5.75 Å². The van der Waals surface area contributed by atoms with Crippen LogP contribution in [0, 0.1) is 5.41 Å². The highest BCUT2D eigenvalue weighted by atomic mass is 16.3. The summed E-state index contributed by atoms with van der Waals surface area (Å²) >= 11 is 0. The van der Waals surface area contributed by atoms with E-state index in [2.05, 4.69) is 39.8 Å². The van der Waals surface area contributed by atoms with Gasteiger partial charge in [0.05, 0.1) is 0 Å². The lowest BCUT2D eigenvalue weighted by Gasteiger charge is -2.29. The highest BCUT2D eigenvalue weighted by molar-refractivity contribution is 5.28. The Morgan fingerprint density at radius 1 is 1.12 bits per heavy atom. The van der Waals surface area contributed by atoms with Crippen LogP contribution in [0.25, 0.3) is 0 Å². The molecule has 1 nitrogen and oxygen atoms in total. The van der Waals surface area contributed by atoms with Crippen LogP contribution in [0.4, 0.5) is 0 Å². The van der Waals surface area contributed by atoms with E-state index in [1.54, 1.807) is 12.1 Å². The van der Waals surface area contributed by atoms with Gasteiger partial charge < -0.3 is 5.11 Å². The molecule has 1 atom stereocenters. The molecular weight excluding hydrogens is 208 g/mol. The predicted molar refractivity (Wildman–Crippen MR) is 74.4 cm³/mol. The van der Waals surface area contributed by atoms with E-state index in [1.165, 1.54) is 24.8 Å². The van der Waals surface area contributed by atoms with Gasteiger partial charge in [0, 0.05) is 0 Å². The molecule has 0 radical (unpaired) electrons. The van der Waals surface area contributed by atoms with Gasteiger partial charge in [-0.3, -0.25) is 0 Å². The lowest BCUT2D eigenvalue weighted by molar-refractivity contribution is 0.275. The van der Waals surface area contributed by atoms with E-state index in [0.717, 1.165) is 6.42 Å². The molecule has 0 aliphatic rings. The largest absolute Gasteiger partial charge is 0.508 e. The van der Waals surface area contributed by atoms with Crippen LogP contribution in [0.15, 0.2) is 24.3 Å². The van der Waals surface area contributed by atoms with Crippen molar-refractivity contribution in [1.82, 2.24) is 0 Å². The first kappa shape index (κ1) is 14.1. The van der Waals surface area contributed by atoms with E-state index in [0.29, 0.717) is 17.1 Å². The van der Waals surface area contributed by atoms with Gasteiger partial charge >= 0.3 is 0 Å². The van der Waals surface area contributed by atoms with Gasteiger partial charge in [-0.2, -0.15) is 0 Å². The summed E-state index contributed by atoms with van der Waals surface area (Å²) in [5, 5.41) is 9.33. The molecule has 0 spiro atoms. The monoisotopic (exact) mass is 234 g/mol. The second kappa shape index (κ2) is 6.09. The maximum atomic E-state index is 9.33. The highest BCUT2D eigenvalue weighted by Crippen LogP contribution is 2.37. The van der Waals surface area contributed by atoms with Gasteiger partial charge in [0.25, 0.3) is 0 Å².